The summed E-state index contributed by atoms with van der Waals surface area (Å²) >= 11 is 7.34. The van der Waals surface area contributed by atoms with Gasteiger partial charge in [0.2, 0.25) is 11.8 Å². The molecule has 0 saturated heterocycles. The molecule has 1 aromatic carbocycles. The number of amides is 2. The third kappa shape index (κ3) is 3.52. The van der Waals surface area contributed by atoms with Crippen molar-refractivity contribution in [2.75, 3.05) is 11.9 Å². The van der Waals surface area contributed by atoms with E-state index in [2.05, 4.69) is 10.6 Å². The lowest BCUT2D eigenvalue weighted by atomic mass is 9.85. The van der Waals surface area contributed by atoms with Gasteiger partial charge in [-0.1, -0.05) is 18.0 Å². The van der Waals surface area contributed by atoms with Crippen LogP contribution in [-0.2, 0) is 9.59 Å². The number of rotatable bonds is 4. The zero-order valence-corrected chi connectivity index (χ0v) is 13.1. The molecule has 1 aliphatic carbocycles. The fourth-order valence-electron chi connectivity index (χ4n) is 2.45. The van der Waals surface area contributed by atoms with E-state index in [-0.39, 0.29) is 23.5 Å². The third-order valence-corrected chi connectivity index (χ3v) is 5.45. The second-order valence-corrected chi connectivity index (χ2v) is 7.22. The molecule has 0 spiro atoms. The van der Waals surface area contributed by atoms with Gasteiger partial charge in [0.25, 0.3) is 0 Å². The summed E-state index contributed by atoms with van der Waals surface area (Å²) in [6.45, 7) is 0.740. The lowest BCUT2D eigenvalue weighted by Crippen LogP contribution is -2.37. The van der Waals surface area contributed by atoms with Gasteiger partial charge in [-0.2, -0.15) is 0 Å². The molecule has 0 radical (unpaired) electrons. The van der Waals surface area contributed by atoms with Crippen molar-refractivity contribution in [3.8, 4) is 0 Å². The highest BCUT2D eigenvalue weighted by molar-refractivity contribution is 8.01. The number of nitrogens with one attached hydrogen (secondary N) is 2. The zero-order chi connectivity index (χ0) is 14.8. The first-order chi connectivity index (χ1) is 10.1. The third-order valence-electron chi connectivity index (χ3n) is 3.94. The molecule has 1 aliphatic heterocycles. The number of benzene rings is 1. The molecular weight excluding hydrogens is 308 g/mol. The van der Waals surface area contributed by atoms with E-state index in [0.29, 0.717) is 10.9 Å². The highest BCUT2D eigenvalue weighted by Gasteiger charge is 2.29. The van der Waals surface area contributed by atoms with Crippen LogP contribution in [0.4, 0.5) is 5.69 Å². The average Bonchev–Trinajstić information content (AvgIpc) is 2.38. The minimum atomic E-state index is -0.375. The number of carbonyl (C=O) groups is 2. The summed E-state index contributed by atoms with van der Waals surface area (Å²) in [6.07, 6.45) is 3.88. The molecule has 1 fully saturated rings. The van der Waals surface area contributed by atoms with E-state index in [1.165, 1.54) is 31.0 Å². The normalized spacial score (nSPS) is 21.2. The van der Waals surface area contributed by atoms with Crippen LogP contribution in [0.5, 0.6) is 0 Å². The van der Waals surface area contributed by atoms with Crippen LogP contribution < -0.4 is 10.6 Å². The minimum Gasteiger partial charge on any atom is -0.356 e. The molecular formula is C15H17ClN2O2S. The van der Waals surface area contributed by atoms with Crippen LogP contribution >= 0.6 is 23.4 Å². The molecule has 1 saturated carbocycles. The Kier molecular flexibility index (Phi) is 4.40. The summed E-state index contributed by atoms with van der Waals surface area (Å²) in [5, 5.41) is 5.97. The fourth-order valence-corrected chi connectivity index (χ4v) is 3.72. The Labute approximate surface area is 133 Å². The van der Waals surface area contributed by atoms with Crippen LogP contribution in [-0.4, -0.2) is 23.6 Å². The predicted molar refractivity (Wildman–Crippen MR) is 84.7 cm³/mol. The predicted octanol–water partition coefficient (Wildman–Crippen LogP) is 3.06. The van der Waals surface area contributed by atoms with Crippen molar-refractivity contribution in [3.63, 3.8) is 0 Å². The van der Waals surface area contributed by atoms with E-state index in [1.807, 2.05) is 6.07 Å². The van der Waals surface area contributed by atoms with Crippen molar-refractivity contribution in [1.82, 2.24) is 5.32 Å². The molecule has 0 unspecified atom stereocenters. The second-order valence-electron chi connectivity index (χ2n) is 5.54. The van der Waals surface area contributed by atoms with Gasteiger partial charge in [-0.05, 0) is 37.0 Å². The molecule has 3 rings (SSSR count). The van der Waals surface area contributed by atoms with Crippen LogP contribution in [0.3, 0.4) is 0 Å². The van der Waals surface area contributed by atoms with Gasteiger partial charge in [0.15, 0.2) is 0 Å². The summed E-state index contributed by atoms with van der Waals surface area (Å²) in [5.74, 6) is 0.449. The van der Waals surface area contributed by atoms with E-state index in [1.54, 1.807) is 12.1 Å². The maximum atomic E-state index is 12.1. The van der Waals surface area contributed by atoms with Crippen molar-refractivity contribution in [1.29, 1.82) is 0 Å². The maximum absolute atomic E-state index is 12.1. The van der Waals surface area contributed by atoms with E-state index in [9.17, 15) is 9.59 Å². The average molecular weight is 325 g/mol. The van der Waals surface area contributed by atoms with Gasteiger partial charge in [-0.3, -0.25) is 9.59 Å². The van der Waals surface area contributed by atoms with Gasteiger partial charge < -0.3 is 10.6 Å². The number of fused-ring (bicyclic) bond motifs is 1. The molecule has 21 heavy (non-hydrogen) atoms. The topological polar surface area (TPSA) is 58.2 Å². The Morgan fingerprint density at radius 1 is 1.43 bits per heavy atom. The van der Waals surface area contributed by atoms with Gasteiger partial charge in [0.05, 0.1) is 10.9 Å². The van der Waals surface area contributed by atoms with Gasteiger partial charge >= 0.3 is 0 Å². The standard InChI is InChI=1S/C15H17ClN2O2S/c16-10-4-5-12-11(6-10)18-15(20)13(21-12)7-14(19)17-8-9-2-1-3-9/h4-6,9,13H,1-3,7-8H2,(H,17,19)(H,18,20)/t13-/m1/s1. The summed E-state index contributed by atoms with van der Waals surface area (Å²) in [6, 6.07) is 5.40. The number of halogens is 1. The SMILES string of the molecule is O=C(C[C@H]1Sc2ccc(Cl)cc2NC1=O)NCC1CCC1. The van der Waals surface area contributed by atoms with Crippen LogP contribution in [0.1, 0.15) is 25.7 Å². The molecule has 0 aromatic heterocycles. The quantitative estimate of drug-likeness (QED) is 0.895. The van der Waals surface area contributed by atoms with E-state index in [4.69, 9.17) is 11.6 Å². The van der Waals surface area contributed by atoms with Crippen LogP contribution in [0, 0.1) is 5.92 Å². The van der Waals surface area contributed by atoms with E-state index < -0.39 is 0 Å². The van der Waals surface area contributed by atoms with E-state index in [0.717, 1.165) is 17.1 Å². The Balaban J connectivity index is 1.57. The fraction of sp³-hybridized carbons (Fsp3) is 0.467. The lowest BCUT2D eigenvalue weighted by molar-refractivity contribution is -0.124. The van der Waals surface area contributed by atoms with Gasteiger partial charge in [-0.25, -0.2) is 0 Å². The molecule has 112 valence electrons. The summed E-state index contributed by atoms with van der Waals surface area (Å²) in [5.41, 5.74) is 0.726. The lowest BCUT2D eigenvalue weighted by Gasteiger charge is -2.26. The minimum absolute atomic E-state index is 0.0491. The smallest absolute Gasteiger partial charge is 0.238 e. The molecule has 6 heteroatoms. The second kappa shape index (κ2) is 6.28. The van der Waals surface area contributed by atoms with Gasteiger partial charge in [-0.15, -0.1) is 11.8 Å². The molecule has 4 nitrogen and oxygen atoms in total. The van der Waals surface area contributed by atoms with Crippen LogP contribution in [0.2, 0.25) is 5.02 Å². The maximum Gasteiger partial charge on any atom is 0.238 e. The first-order valence-electron chi connectivity index (χ1n) is 7.15. The first kappa shape index (κ1) is 14.7. The molecule has 2 N–H and O–H groups in total. The molecule has 2 amide bonds. The number of hydrogen-bond acceptors (Lipinski definition) is 3. The van der Waals surface area contributed by atoms with Crippen LogP contribution in [0.15, 0.2) is 23.1 Å². The summed E-state index contributed by atoms with van der Waals surface area (Å²) in [7, 11) is 0. The Hall–Kier alpha value is -1.20. The van der Waals surface area contributed by atoms with Gasteiger partial charge in [0, 0.05) is 22.9 Å². The van der Waals surface area contributed by atoms with Crippen molar-refractivity contribution in [2.45, 2.75) is 35.8 Å². The molecule has 1 heterocycles. The Morgan fingerprint density at radius 2 is 2.24 bits per heavy atom. The number of carbonyl (C=O) groups excluding carboxylic acids is 2. The largest absolute Gasteiger partial charge is 0.356 e. The zero-order valence-electron chi connectivity index (χ0n) is 11.5. The number of thioether (sulfide) groups is 1. The van der Waals surface area contributed by atoms with Crippen molar-refractivity contribution in [2.24, 2.45) is 5.92 Å². The molecule has 0 bridgehead atoms. The first-order valence-corrected chi connectivity index (χ1v) is 8.41. The van der Waals surface area contributed by atoms with Gasteiger partial charge in [0.1, 0.15) is 0 Å². The Morgan fingerprint density at radius 3 is 2.95 bits per heavy atom. The highest BCUT2D eigenvalue weighted by Crippen LogP contribution is 2.38. The summed E-state index contributed by atoms with van der Waals surface area (Å²) in [4.78, 5) is 25.0. The molecule has 1 aromatic rings. The van der Waals surface area contributed by atoms with Crippen LogP contribution in [0.25, 0.3) is 0 Å². The Bertz CT molecular complexity index is 575. The summed E-state index contributed by atoms with van der Waals surface area (Å²) < 4.78 is 0. The van der Waals surface area contributed by atoms with Crippen molar-refractivity contribution < 1.29 is 9.59 Å². The highest BCUT2D eigenvalue weighted by atomic mass is 35.5. The van der Waals surface area contributed by atoms with Crippen molar-refractivity contribution >= 4 is 40.9 Å². The van der Waals surface area contributed by atoms with E-state index >= 15 is 0 Å². The number of hydrogen-bond donors (Lipinski definition) is 2. The number of anilines is 1. The monoisotopic (exact) mass is 324 g/mol. The molecule has 1 atom stereocenters. The molecule has 2 aliphatic rings. The van der Waals surface area contributed by atoms with Crippen molar-refractivity contribution in [3.05, 3.63) is 23.2 Å².